The molecule has 6 nitrogen and oxygen atoms in total. The third-order valence-corrected chi connectivity index (χ3v) is 7.72. The van der Waals surface area contributed by atoms with Crippen LogP contribution in [0.5, 0.6) is 11.5 Å². The van der Waals surface area contributed by atoms with Crippen LogP contribution in [0.1, 0.15) is 25.3 Å². The minimum absolute atomic E-state index is 0.0243. The van der Waals surface area contributed by atoms with Gasteiger partial charge in [0, 0.05) is 11.4 Å². The van der Waals surface area contributed by atoms with Gasteiger partial charge < -0.3 is 9.47 Å². The second kappa shape index (κ2) is 11.7. The van der Waals surface area contributed by atoms with Crippen LogP contribution in [0.2, 0.25) is 5.02 Å². The van der Waals surface area contributed by atoms with E-state index in [1.807, 2.05) is 18.2 Å². The summed E-state index contributed by atoms with van der Waals surface area (Å²) in [6.45, 7) is 2.33. The van der Waals surface area contributed by atoms with Crippen molar-refractivity contribution in [2.45, 2.75) is 31.1 Å². The van der Waals surface area contributed by atoms with E-state index < -0.39 is 15.9 Å². The monoisotopic (exact) mass is 565 g/mol. The molecule has 3 rings (SSSR count). The lowest BCUT2D eigenvalue weighted by Crippen LogP contribution is -2.37. The molecule has 0 fully saturated rings. The zero-order valence-electron chi connectivity index (χ0n) is 18.8. The Bertz CT molecular complexity index is 1230. The molecule has 0 saturated heterocycles. The summed E-state index contributed by atoms with van der Waals surface area (Å²) < 4.78 is 39.4. The molecule has 180 valence electrons. The Morgan fingerprint density at radius 3 is 2.29 bits per heavy atom. The molecule has 34 heavy (non-hydrogen) atoms. The SMILES string of the molecule is CCc1ccc(OCCCC(=O)N(c2ccc(OC)cc2)S(=O)(=O)c2ccc(Cl)cc2)c(Br)c1. The number of nitrogens with zero attached hydrogens (tertiary/aromatic N) is 1. The maximum atomic E-state index is 13.4. The molecule has 0 unspecified atom stereocenters. The van der Waals surface area contributed by atoms with Crippen molar-refractivity contribution in [1.82, 2.24) is 0 Å². The predicted octanol–water partition coefficient (Wildman–Crippen LogP) is 6.25. The second-order valence-corrected chi connectivity index (χ2v) is 10.5. The summed E-state index contributed by atoms with van der Waals surface area (Å²) >= 11 is 9.40. The Morgan fingerprint density at radius 2 is 1.71 bits per heavy atom. The molecule has 0 bridgehead atoms. The number of hydrogen-bond donors (Lipinski definition) is 0. The number of amides is 1. The van der Waals surface area contributed by atoms with E-state index in [4.69, 9.17) is 21.1 Å². The van der Waals surface area contributed by atoms with E-state index in [2.05, 4.69) is 22.9 Å². The first-order valence-electron chi connectivity index (χ1n) is 10.6. The van der Waals surface area contributed by atoms with E-state index in [1.54, 1.807) is 12.1 Å². The number of rotatable bonds is 10. The molecular formula is C25H25BrClNO5S. The zero-order valence-corrected chi connectivity index (χ0v) is 22.0. The third kappa shape index (κ3) is 6.31. The summed E-state index contributed by atoms with van der Waals surface area (Å²) in [6.07, 6.45) is 1.23. The Morgan fingerprint density at radius 1 is 1.03 bits per heavy atom. The maximum Gasteiger partial charge on any atom is 0.270 e. The molecule has 0 aromatic heterocycles. The largest absolute Gasteiger partial charge is 0.497 e. The summed E-state index contributed by atoms with van der Waals surface area (Å²) in [7, 11) is -2.65. The van der Waals surface area contributed by atoms with Gasteiger partial charge in [-0.3, -0.25) is 4.79 Å². The Balaban J connectivity index is 1.77. The van der Waals surface area contributed by atoms with E-state index in [0.717, 1.165) is 15.2 Å². The summed E-state index contributed by atoms with van der Waals surface area (Å²) in [5, 5.41) is 0.400. The number of carbonyl (C=O) groups excluding carboxylic acids is 1. The van der Waals surface area contributed by atoms with Crippen molar-refractivity contribution in [2.24, 2.45) is 0 Å². The van der Waals surface area contributed by atoms with Crippen molar-refractivity contribution >= 4 is 49.1 Å². The zero-order chi connectivity index (χ0) is 24.7. The average Bonchev–Trinajstić information content (AvgIpc) is 2.83. The first-order chi connectivity index (χ1) is 16.3. The maximum absolute atomic E-state index is 13.4. The van der Waals surface area contributed by atoms with E-state index >= 15 is 0 Å². The number of hydrogen-bond acceptors (Lipinski definition) is 5. The van der Waals surface area contributed by atoms with Gasteiger partial charge in [-0.25, -0.2) is 12.7 Å². The first-order valence-corrected chi connectivity index (χ1v) is 13.3. The second-order valence-electron chi connectivity index (χ2n) is 7.39. The van der Waals surface area contributed by atoms with E-state index in [1.165, 1.54) is 49.1 Å². The smallest absolute Gasteiger partial charge is 0.270 e. The number of methoxy groups -OCH3 is 1. The van der Waals surface area contributed by atoms with Crippen molar-refractivity contribution in [1.29, 1.82) is 0 Å². The molecule has 0 aliphatic rings. The van der Waals surface area contributed by atoms with Crippen molar-refractivity contribution in [2.75, 3.05) is 18.0 Å². The van der Waals surface area contributed by atoms with Crippen molar-refractivity contribution in [3.63, 3.8) is 0 Å². The first kappa shape index (κ1) is 26.1. The normalized spacial score (nSPS) is 11.2. The number of ether oxygens (including phenoxy) is 2. The molecule has 1 amide bonds. The lowest BCUT2D eigenvalue weighted by atomic mass is 10.2. The highest BCUT2D eigenvalue weighted by Crippen LogP contribution is 2.29. The van der Waals surface area contributed by atoms with E-state index in [9.17, 15) is 13.2 Å². The molecule has 0 spiro atoms. The predicted molar refractivity (Wildman–Crippen MR) is 137 cm³/mol. The van der Waals surface area contributed by atoms with Crippen LogP contribution in [-0.2, 0) is 21.2 Å². The average molecular weight is 567 g/mol. The Labute approximate surface area is 213 Å². The van der Waals surface area contributed by atoms with Crippen LogP contribution in [0.3, 0.4) is 0 Å². The van der Waals surface area contributed by atoms with Gasteiger partial charge in [-0.15, -0.1) is 0 Å². The van der Waals surface area contributed by atoms with Gasteiger partial charge in [0.2, 0.25) is 5.91 Å². The Hall–Kier alpha value is -2.55. The molecule has 0 aliphatic heterocycles. The molecule has 0 radical (unpaired) electrons. The Kier molecular flexibility index (Phi) is 8.99. The fourth-order valence-electron chi connectivity index (χ4n) is 3.23. The van der Waals surface area contributed by atoms with E-state index in [0.29, 0.717) is 22.9 Å². The highest BCUT2D eigenvalue weighted by Gasteiger charge is 2.30. The molecule has 0 atom stereocenters. The summed E-state index contributed by atoms with van der Waals surface area (Å²) in [5.74, 6) is 0.655. The van der Waals surface area contributed by atoms with Crippen molar-refractivity contribution in [3.05, 3.63) is 81.8 Å². The summed E-state index contributed by atoms with van der Waals surface area (Å²) in [4.78, 5) is 13.1. The molecule has 0 N–H and O–H groups in total. The van der Waals surface area contributed by atoms with Gasteiger partial charge in [-0.1, -0.05) is 24.6 Å². The minimum Gasteiger partial charge on any atom is -0.497 e. The quantitative estimate of drug-likeness (QED) is 0.271. The van der Waals surface area contributed by atoms with Crippen LogP contribution in [0, 0.1) is 0 Å². The van der Waals surface area contributed by atoms with Gasteiger partial charge in [-0.05, 0) is 95.0 Å². The lowest BCUT2D eigenvalue weighted by molar-refractivity contribution is -0.117. The minimum atomic E-state index is -4.16. The van der Waals surface area contributed by atoms with Crippen molar-refractivity contribution in [3.8, 4) is 11.5 Å². The number of carbonyl (C=O) groups is 1. The van der Waals surface area contributed by atoms with Crippen LogP contribution in [-0.4, -0.2) is 28.0 Å². The van der Waals surface area contributed by atoms with Gasteiger partial charge in [0.15, 0.2) is 0 Å². The number of benzene rings is 3. The van der Waals surface area contributed by atoms with Gasteiger partial charge in [0.25, 0.3) is 10.0 Å². The van der Waals surface area contributed by atoms with Gasteiger partial charge in [0.05, 0.1) is 28.8 Å². The van der Waals surface area contributed by atoms with Crippen LogP contribution < -0.4 is 13.8 Å². The summed E-state index contributed by atoms with van der Waals surface area (Å²) in [5.41, 5.74) is 1.40. The topological polar surface area (TPSA) is 72.9 Å². The molecule has 9 heteroatoms. The van der Waals surface area contributed by atoms with Crippen LogP contribution in [0.25, 0.3) is 0 Å². The third-order valence-electron chi connectivity index (χ3n) is 5.08. The van der Waals surface area contributed by atoms with Crippen LogP contribution in [0.4, 0.5) is 5.69 Å². The molecule has 0 aliphatic carbocycles. The fraction of sp³-hybridized carbons (Fsp3) is 0.240. The highest BCUT2D eigenvalue weighted by atomic mass is 79.9. The van der Waals surface area contributed by atoms with Crippen LogP contribution >= 0.6 is 27.5 Å². The molecule has 0 saturated carbocycles. The molecule has 0 heterocycles. The molecular weight excluding hydrogens is 542 g/mol. The summed E-state index contributed by atoms with van der Waals surface area (Å²) in [6, 6.07) is 17.8. The lowest BCUT2D eigenvalue weighted by Gasteiger charge is -2.23. The highest BCUT2D eigenvalue weighted by molar-refractivity contribution is 9.10. The number of halogens is 2. The fourth-order valence-corrected chi connectivity index (χ4v) is 5.35. The molecule has 3 aromatic carbocycles. The van der Waals surface area contributed by atoms with Crippen molar-refractivity contribution < 1.29 is 22.7 Å². The van der Waals surface area contributed by atoms with Gasteiger partial charge >= 0.3 is 0 Å². The van der Waals surface area contributed by atoms with Crippen LogP contribution in [0.15, 0.2) is 76.1 Å². The van der Waals surface area contributed by atoms with Gasteiger partial charge in [-0.2, -0.15) is 0 Å². The van der Waals surface area contributed by atoms with E-state index in [-0.39, 0.29) is 23.6 Å². The standard InChI is InChI=1S/C25H25BrClNO5S/c1-3-18-6-15-24(23(26)17-18)33-16-4-5-25(29)28(20-9-11-21(32-2)12-10-20)34(30,31)22-13-7-19(27)8-14-22/h6-15,17H,3-5,16H2,1-2H3. The number of anilines is 1. The number of aryl methyl sites for hydroxylation is 1. The van der Waals surface area contributed by atoms with Gasteiger partial charge in [0.1, 0.15) is 11.5 Å². The molecule has 3 aromatic rings. The number of sulfonamides is 1.